The zero-order valence-electron chi connectivity index (χ0n) is 16.0. The monoisotopic (exact) mass is 368 g/mol. The van der Waals surface area contributed by atoms with Gasteiger partial charge in [-0.15, -0.1) is 0 Å². The Labute approximate surface area is 167 Å². The summed E-state index contributed by atoms with van der Waals surface area (Å²) >= 11 is 0. The molecule has 0 heterocycles. The summed E-state index contributed by atoms with van der Waals surface area (Å²) in [5, 5.41) is 1.93. The largest absolute Gasteiger partial charge is 0.283 e. The summed E-state index contributed by atoms with van der Waals surface area (Å²) in [6, 6.07) is 29.2. The van der Waals surface area contributed by atoms with E-state index in [0.29, 0.717) is 12.1 Å². The first-order chi connectivity index (χ1) is 13.8. The number of hydrogen-bond acceptors (Lipinski definition) is 2. The number of carbonyl (C=O) groups is 1. The Morgan fingerprint density at radius 1 is 0.893 bits per heavy atom. The molecule has 3 aromatic carbocycles. The van der Waals surface area contributed by atoms with Crippen LogP contribution in [-0.2, 0) is 6.54 Å². The fourth-order valence-corrected chi connectivity index (χ4v) is 2.88. The van der Waals surface area contributed by atoms with Crippen LogP contribution in [0.2, 0.25) is 0 Å². The van der Waals surface area contributed by atoms with Crippen LogP contribution < -0.4 is 5.43 Å². The topological polar surface area (TPSA) is 32.3 Å². The van der Waals surface area contributed by atoms with Crippen molar-refractivity contribution in [3.63, 3.8) is 0 Å². The molecule has 0 aliphatic rings. The van der Waals surface area contributed by atoms with Crippen LogP contribution in [-0.4, -0.2) is 17.0 Å². The fourth-order valence-electron chi connectivity index (χ4n) is 2.88. The van der Waals surface area contributed by atoms with Crippen LogP contribution in [0.25, 0.3) is 0 Å². The van der Waals surface area contributed by atoms with Crippen molar-refractivity contribution in [2.24, 2.45) is 0 Å². The van der Waals surface area contributed by atoms with Crippen molar-refractivity contribution in [3.05, 3.63) is 108 Å². The minimum atomic E-state index is -0.128. The molecule has 0 saturated heterocycles. The zero-order chi connectivity index (χ0) is 19.6. The molecule has 1 N–H and O–H groups in total. The highest BCUT2D eigenvalue weighted by Gasteiger charge is 2.18. The summed E-state index contributed by atoms with van der Waals surface area (Å²) < 4.78 is 0. The summed E-state index contributed by atoms with van der Waals surface area (Å²) in [4.78, 5) is 12.7. The molecule has 0 spiro atoms. The molecule has 3 heteroatoms. The van der Waals surface area contributed by atoms with E-state index in [-0.39, 0.29) is 11.9 Å². The number of hydrazine groups is 1. The standard InChI is InChI=1S/C25H24N2O/c1-2-24(19-18-21-12-6-3-7-13-21)27(20-22-14-8-4-9-15-22)26-25(28)23-16-10-5-11-17-23/h3-17,24H,2,20H2,1H3,(H,26,28). The minimum Gasteiger partial charge on any atom is -0.283 e. The van der Waals surface area contributed by atoms with E-state index in [1.165, 1.54) is 0 Å². The second kappa shape index (κ2) is 10.1. The average Bonchev–Trinajstić information content (AvgIpc) is 2.76. The van der Waals surface area contributed by atoms with Crippen LogP contribution in [0.15, 0.2) is 91.0 Å². The normalized spacial score (nSPS) is 11.4. The van der Waals surface area contributed by atoms with E-state index in [1.807, 2.05) is 83.9 Å². The third-order valence-corrected chi connectivity index (χ3v) is 4.40. The lowest BCUT2D eigenvalue weighted by Crippen LogP contribution is -2.47. The van der Waals surface area contributed by atoms with Crippen LogP contribution in [0, 0.1) is 11.8 Å². The Morgan fingerprint density at radius 3 is 2.07 bits per heavy atom. The van der Waals surface area contributed by atoms with Crippen molar-refractivity contribution in [2.75, 3.05) is 0 Å². The molecule has 1 atom stereocenters. The molecule has 0 bridgehead atoms. The smallest absolute Gasteiger partial charge is 0.265 e. The first-order valence-electron chi connectivity index (χ1n) is 9.49. The number of amides is 1. The Balaban J connectivity index is 1.83. The van der Waals surface area contributed by atoms with Gasteiger partial charge in [0.25, 0.3) is 5.91 Å². The summed E-state index contributed by atoms with van der Waals surface area (Å²) in [5.41, 5.74) is 5.78. The second-order valence-corrected chi connectivity index (χ2v) is 6.48. The van der Waals surface area contributed by atoms with Crippen LogP contribution in [0.4, 0.5) is 0 Å². The Bertz CT molecular complexity index is 928. The maximum absolute atomic E-state index is 12.7. The van der Waals surface area contributed by atoms with Crippen molar-refractivity contribution in [2.45, 2.75) is 25.9 Å². The molecule has 1 amide bonds. The van der Waals surface area contributed by atoms with Gasteiger partial charge in [-0.25, -0.2) is 5.01 Å². The molecule has 0 saturated carbocycles. The highest BCUT2D eigenvalue weighted by molar-refractivity contribution is 5.93. The van der Waals surface area contributed by atoms with Gasteiger partial charge >= 0.3 is 0 Å². The summed E-state index contributed by atoms with van der Waals surface area (Å²) in [6.07, 6.45) is 0.793. The number of nitrogens with one attached hydrogen (secondary N) is 1. The maximum Gasteiger partial charge on any atom is 0.265 e. The first-order valence-corrected chi connectivity index (χ1v) is 9.49. The van der Waals surface area contributed by atoms with E-state index in [2.05, 4.69) is 36.3 Å². The molecule has 3 nitrogen and oxygen atoms in total. The van der Waals surface area contributed by atoms with Gasteiger partial charge in [-0.3, -0.25) is 10.2 Å². The minimum absolute atomic E-state index is 0.104. The third kappa shape index (κ3) is 5.57. The van der Waals surface area contributed by atoms with Crippen molar-refractivity contribution in [1.29, 1.82) is 0 Å². The van der Waals surface area contributed by atoms with Gasteiger partial charge in [-0.2, -0.15) is 0 Å². The number of hydrogen-bond donors (Lipinski definition) is 1. The highest BCUT2D eigenvalue weighted by Crippen LogP contribution is 2.10. The summed E-state index contributed by atoms with van der Waals surface area (Å²) in [5.74, 6) is 6.43. The van der Waals surface area contributed by atoms with Gasteiger partial charge in [-0.1, -0.05) is 85.5 Å². The van der Waals surface area contributed by atoms with Crippen molar-refractivity contribution >= 4 is 5.91 Å². The van der Waals surface area contributed by atoms with E-state index in [1.54, 1.807) is 0 Å². The Hall–Kier alpha value is -3.35. The first kappa shape index (κ1) is 19.4. The van der Waals surface area contributed by atoms with E-state index in [9.17, 15) is 4.79 Å². The number of nitrogens with zero attached hydrogens (tertiary/aromatic N) is 1. The van der Waals surface area contributed by atoms with Gasteiger partial charge in [0.05, 0.1) is 6.04 Å². The van der Waals surface area contributed by atoms with Crippen LogP contribution >= 0.6 is 0 Å². The van der Waals surface area contributed by atoms with Gasteiger partial charge in [0, 0.05) is 17.7 Å². The van der Waals surface area contributed by atoms with Gasteiger partial charge in [0.2, 0.25) is 0 Å². The molecule has 3 aromatic rings. The molecule has 0 aliphatic heterocycles. The quantitative estimate of drug-likeness (QED) is 0.507. The second-order valence-electron chi connectivity index (χ2n) is 6.48. The van der Waals surface area contributed by atoms with Crippen LogP contribution in [0.5, 0.6) is 0 Å². The third-order valence-electron chi connectivity index (χ3n) is 4.40. The molecular formula is C25H24N2O. The summed E-state index contributed by atoms with van der Waals surface area (Å²) in [7, 11) is 0. The molecule has 0 fully saturated rings. The molecule has 0 aliphatic carbocycles. The molecule has 0 radical (unpaired) electrons. The lowest BCUT2D eigenvalue weighted by atomic mass is 10.1. The molecular weight excluding hydrogens is 344 g/mol. The molecule has 3 rings (SSSR count). The van der Waals surface area contributed by atoms with E-state index < -0.39 is 0 Å². The number of carbonyl (C=O) groups excluding carboxylic acids is 1. The lowest BCUT2D eigenvalue weighted by molar-refractivity contribution is 0.0719. The number of rotatable bonds is 6. The van der Waals surface area contributed by atoms with Gasteiger partial charge in [-0.05, 0) is 36.2 Å². The van der Waals surface area contributed by atoms with Crippen molar-refractivity contribution in [3.8, 4) is 11.8 Å². The predicted molar refractivity (Wildman–Crippen MR) is 113 cm³/mol. The number of benzene rings is 3. The Kier molecular flexibility index (Phi) is 7.01. The van der Waals surface area contributed by atoms with Gasteiger partial charge < -0.3 is 0 Å². The van der Waals surface area contributed by atoms with Crippen molar-refractivity contribution in [1.82, 2.24) is 10.4 Å². The van der Waals surface area contributed by atoms with E-state index in [0.717, 1.165) is 17.5 Å². The van der Waals surface area contributed by atoms with Gasteiger partial charge in [0.15, 0.2) is 0 Å². The highest BCUT2D eigenvalue weighted by atomic mass is 16.2. The average molecular weight is 368 g/mol. The zero-order valence-corrected chi connectivity index (χ0v) is 16.0. The summed E-state index contributed by atoms with van der Waals surface area (Å²) in [6.45, 7) is 2.67. The molecule has 28 heavy (non-hydrogen) atoms. The molecule has 0 aromatic heterocycles. The van der Waals surface area contributed by atoms with Gasteiger partial charge in [0.1, 0.15) is 0 Å². The van der Waals surface area contributed by atoms with Crippen LogP contribution in [0.1, 0.15) is 34.8 Å². The Morgan fingerprint density at radius 2 is 1.46 bits per heavy atom. The van der Waals surface area contributed by atoms with Crippen molar-refractivity contribution < 1.29 is 4.79 Å². The fraction of sp³-hybridized carbons (Fsp3) is 0.160. The predicted octanol–water partition coefficient (Wildman–Crippen LogP) is 4.66. The van der Waals surface area contributed by atoms with E-state index in [4.69, 9.17) is 0 Å². The maximum atomic E-state index is 12.7. The molecule has 1 unspecified atom stereocenters. The van der Waals surface area contributed by atoms with Crippen LogP contribution in [0.3, 0.4) is 0 Å². The van der Waals surface area contributed by atoms with E-state index >= 15 is 0 Å². The SMILES string of the molecule is CCC(C#Cc1ccccc1)N(Cc1ccccc1)NC(=O)c1ccccc1. The lowest BCUT2D eigenvalue weighted by Gasteiger charge is -2.28. The molecule has 140 valence electrons.